The molecule has 138 valence electrons. The van der Waals surface area contributed by atoms with Crippen LogP contribution in [0.15, 0.2) is 48.5 Å². The SMILES string of the molecule is CC(=O)N(CC(=O)Nc1ccc(C#N)cc1)c1ccc(N2CCCC2)cc1. The lowest BCUT2D eigenvalue weighted by molar-refractivity contribution is -0.120. The molecule has 0 unspecified atom stereocenters. The highest BCUT2D eigenvalue weighted by Crippen LogP contribution is 2.24. The number of benzene rings is 2. The van der Waals surface area contributed by atoms with E-state index in [1.165, 1.54) is 24.7 Å². The fourth-order valence-electron chi connectivity index (χ4n) is 3.18. The number of hydrogen-bond donors (Lipinski definition) is 1. The molecule has 0 bridgehead atoms. The molecule has 1 saturated heterocycles. The van der Waals surface area contributed by atoms with Crippen molar-refractivity contribution in [3.8, 4) is 6.07 Å². The highest BCUT2D eigenvalue weighted by Gasteiger charge is 2.17. The van der Waals surface area contributed by atoms with E-state index < -0.39 is 0 Å². The summed E-state index contributed by atoms with van der Waals surface area (Å²) in [5, 5.41) is 11.6. The molecule has 0 radical (unpaired) electrons. The number of anilines is 3. The lowest BCUT2D eigenvalue weighted by Gasteiger charge is -2.23. The summed E-state index contributed by atoms with van der Waals surface area (Å²) in [5.41, 5.74) is 2.95. The Morgan fingerprint density at radius 2 is 1.70 bits per heavy atom. The summed E-state index contributed by atoms with van der Waals surface area (Å²) in [6.07, 6.45) is 2.41. The predicted octanol–water partition coefficient (Wildman–Crippen LogP) is 3.15. The number of nitriles is 1. The van der Waals surface area contributed by atoms with Crippen LogP contribution in [0, 0.1) is 11.3 Å². The van der Waals surface area contributed by atoms with E-state index in [9.17, 15) is 9.59 Å². The molecule has 0 aliphatic carbocycles. The molecule has 0 atom stereocenters. The van der Waals surface area contributed by atoms with Crippen molar-refractivity contribution in [2.24, 2.45) is 0 Å². The molecule has 2 amide bonds. The first kappa shape index (κ1) is 18.5. The van der Waals surface area contributed by atoms with Gasteiger partial charge in [0.1, 0.15) is 6.54 Å². The minimum absolute atomic E-state index is 0.0710. The van der Waals surface area contributed by atoms with E-state index in [2.05, 4.69) is 10.2 Å². The van der Waals surface area contributed by atoms with Gasteiger partial charge in [0.15, 0.2) is 0 Å². The number of rotatable bonds is 5. The first-order chi connectivity index (χ1) is 13.1. The molecule has 2 aromatic carbocycles. The molecular formula is C21H22N4O2. The van der Waals surface area contributed by atoms with Gasteiger partial charge in [-0.05, 0) is 61.4 Å². The fourth-order valence-corrected chi connectivity index (χ4v) is 3.18. The van der Waals surface area contributed by atoms with Crippen LogP contribution in [0.3, 0.4) is 0 Å². The zero-order chi connectivity index (χ0) is 19.2. The van der Waals surface area contributed by atoms with E-state index in [0.717, 1.165) is 18.8 Å². The van der Waals surface area contributed by atoms with Gasteiger partial charge in [0.2, 0.25) is 11.8 Å². The van der Waals surface area contributed by atoms with Gasteiger partial charge in [-0.3, -0.25) is 9.59 Å². The Hall–Kier alpha value is -3.33. The summed E-state index contributed by atoms with van der Waals surface area (Å²) in [5.74, 6) is -0.488. The van der Waals surface area contributed by atoms with Crippen LogP contribution in [0.5, 0.6) is 0 Å². The van der Waals surface area contributed by atoms with Crippen molar-refractivity contribution < 1.29 is 9.59 Å². The van der Waals surface area contributed by atoms with Crippen molar-refractivity contribution in [3.05, 3.63) is 54.1 Å². The van der Waals surface area contributed by atoms with Gasteiger partial charge in [-0.2, -0.15) is 5.26 Å². The Balaban J connectivity index is 1.66. The third-order valence-corrected chi connectivity index (χ3v) is 4.61. The Morgan fingerprint density at radius 3 is 2.26 bits per heavy atom. The minimum Gasteiger partial charge on any atom is -0.372 e. The summed E-state index contributed by atoms with van der Waals surface area (Å²) < 4.78 is 0. The molecule has 0 aromatic heterocycles. The number of hydrogen-bond acceptors (Lipinski definition) is 4. The number of nitrogens with one attached hydrogen (secondary N) is 1. The average molecular weight is 362 g/mol. The normalized spacial score (nSPS) is 13.1. The highest BCUT2D eigenvalue weighted by atomic mass is 16.2. The van der Waals surface area contributed by atoms with Crippen LogP contribution in [0.25, 0.3) is 0 Å². The average Bonchev–Trinajstić information content (AvgIpc) is 3.21. The van der Waals surface area contributed by atoms with Crippen molar-refractivity contribution in [1.82, 2.24) is 0 Å². The van der Waals surface area contributed by atoms with Crippen molar-refractivity contribution in [3.63, 3.8) is 0 Å². The first-order valence-electron chi connectivity index (χ1n) is 9.00. The number of nitrogens with zero attached hydrogens (tertiary/aromatic N) is 3. The quantitative estimate of drug-likeness (QED) is 0.886. The fraction of sp³-hybridized carbons (Fsp3) is 0.286. The van der Waals surface area contributed by atoms with E-state index in [0.29, 0.717) is 16.9 Å². The molecule has 3 rings (SSSR count). The second kappa shape index (κ2) is 8.37. The van der Waals surface area contributed by atoms with Gasteiger partial charge in [0.25, 0.3) is 0 Å². The van der Waals surface area contributed by atoms with Crippen molar-refractivity contribution in [2.45, 2.75) is 19.8 Å². The maximum atomic E-state index is 12.4. The van der Waals surface area contributed by atoms with E-state index in [-0.39, 0.29) is 18.4 Å². The third kappa shape index (κ3) is 4.64. The molecule has 27 heavy (non-hydrogen) atoms. The Labute approximate surface area is 159 Å². The van der Waals surface area contributed by atoms with Crippen molar-refractivity contribution >= 4 is 28.9 Å². The summed E-state index contributed by atoms with van der Waals surface area (Å²) in [4.78, 5) is 28.2. The monoisotopic (exact) mass is 362 g/mol. The van der Waals surface area contributed by atoms with Gasteiger partial charge < -0.3 is 15.1 Å². The van der Waals surface area contributed by atoms with Gasteiger partial charge in [0, 0.05) is 37.1 Å². The van der Waals surface area contributed by atoms with Crippen LogP contribution < -0.4 is 15.1 Å². The van der Waals surface area contributed by atoms with Crippen LogP contribution in [-0.4, -0.2) is 31.4 Å². The number of carbonyl (C=O) groups is 2. The zero-order valence-corrected chi connectivity index (χ0v) is 15.3. The lowest BCUT2D eigenvalue weighted by atomic mass is 10.2. The molecule has 6 heteroatoms. The van der Waals surface area contributed by atoms with E-state index in [1.807, 2.05) is 30.3 Å². The third-order valence-electron chi connectivity index (χ3n) is 4.61. The van der Waals surface area contributed by atoms with Crippen LogP contribution in [0.4, 0.5) is 17.1 Å². The van der Waals surface area contributed by atoms with Gasteiger partial charge in [0.05, 0.1) is 11.6 Å². The summed E-state index contributed by atoms with van der Waals surface area (Å²) in [6, 6.07) is 16.4. The van der Waals surface area contributed by atoms with E-state index in [4.69, 9.17) is 5.26 Å². The lowest BCUT2D eigenvalue weighted by Crippen LogP contribution is -2.36. The van der Waals surface area contributed by atoms with Gasteiger partial charge in [-0.1, -0.05) is 0 Å². The summed E-state index contributed by atoms with van der Waals surface area (Å²) in [6.45, 7) is 3.49. The molecule has 0 saturated carbocycles. The topological polar surface area (TPSA) is 76.4 Å². The summed E-state index contributed by atoms with van der Waals surface area (Å²) in [7, 11) is 0. The Kier molecular flexibility index (Phi) is 5.72. The second-order valence-corrected chi connectivity index (χ2v) is 6.55. The molecule has 6 nitrogen and oxygen atoms in total. The molecule has 1 fully saturated rings. The highest BCUT2D eigenvalue weighted by molar-refractivity contribution is 6.01. The van der Waals surface area contributed by atoms with Crippen molar-refractivity contribution in [2.75, 3.05) is 34.8 Å². The Morgan fingerprint density at radius 1 is 1.07 bits per heavy atom. The van der Waals surface area contributed by atoms with Crippen LogP contribution in [0.1, 0.15) is 25.3 Å². The summed E-state index contributed by atoms with van der Waals surface area (Å²) >= 11 is 0. The van der Waals surface area contributed by atoms with Crippen LogP contribution in [0.2, 0.25) is 0 Å². The van der Waals surface area contributed by atoms with E-state index in [1.54, 1.807) is 24.3 Å². The van der Waals surface area contributed by atoms with Crippen molar-refractivity contribution in [1.29, 1.82) is 5.26 Å². The molecular weight excluding hydrogens is 340 g/mol. The van der Waals surface area contributed by atoms with Gasteiger partial charge in [-0.25, -0.2) is 0 Å². The van der Waals surface area contributed by atoms with Gasteiger partial charge in [-0.15, -0.1) is 0 Å². The second-order valence-electron chi connectivity index (χ2n) is 6.55. The molecule has 1 aliphatic rings. The predicted molar refractivity (Wildman–Crippen MR) is 106 cm³/mol. The number of carbonyl (C=O) groups excluding carboxylic acids is 2. The maximum absolute atomic E-state index is 12.4. The first-order valence-corrected chi connectivity index (χ1v) is 9.00. The zero-order valence-electron chi connectivity index (χ0n) is 15.3. The molecule has 1 heterocycles. The van der Waals surface area contributed by atoms with Gasteiger partial charge >= 0.3 is 0 Å². The molecule has 0 spiro atoms. The Bertz CT molecular complexity index is 847. The molecule has 2 aromatic rings. The van der Waals surface area contributed by atoms with Crippen LogP contribution in [-0.2, 0) is 9.59 Å². The number of amides is 2. The smallest absolute Gasteiger partial charge is 0.244 e. The van der Waals surface area contributed by atoms with E-state index >= 15 is 0 Å². The van der Waals surface area contributed by atoms with Crippen LogP contribution >= 0.6 is 0 Å². The largest absolute Gasteiger partial charge is 0.372 e. The maximum Gasteiger partial charge on any atom is 0.244 e. The molecule has 1 N–H and O–H groups in total. The minimum atomic E-state index is -0.293. The molecule has 1 aliphatic heterocycles. The standard InChI is InChI=1S/C21H22N4O2/c1-16(26)25(15-21(27)23-18-6-4-17(14-22)5-7-18)20-10-8-19(9-11-20)24-12-2-3-13-24/h4-11H,2-3,12-13,15H2,1H3,(H,23,27).